The summed E-state index contributed by atoms with van der Waals surface area (Å²) in [7, 11) is 0. The van der Waals surface area contributed by atoms with Gasteiger partial charge in [0.25, 0.3) is 11.6 Å². The van der Waals surface area contributed by atoms with Gasteiger partial charge in [0.15, 0.2) is 6.61 Å². The van der Waals surface area contributed by atoms with Gasteiger partial charge in [-0.05, 0) is 28.1 Å². The lowest BCUT2D eigenvalue weighted by Gasteiger charge is -2.12. The smallest absolute Gasteiger partial charge is 0.338 e. The molecule has 0 spiro atoms. The standard InChI is InChI=1S/C12H10BrN3O6/c13-8-2-1-7(5-9(8)16(20)21)11(18)22-6-10(17)15-4-3-14-12(15)19/h1-2,5H,3-4,6H2,(H,14,19). The first kappa shape index (κ1) is 15.9. The van der Waals surface area contributed by atoms with Crippen molar-refractivity contribution in [3.8, 4) is 0 Å². The first-order valence-corrected chi connectivity index (χ1v) is 6.88. The fourth-order valence-corrected chi connectivity index (χ4v) is 2.17. The summed E-state index contributed by atoms with van der Waals surface area (Å²) in [5.41, 5.74) is -0.353. The number of nitrogens with one attached hydrogen (secondary N) is 1. The van der Waals surface area contributed by atoms with Gasteiger partial charge in [0.05, 0.1) is 15.0 Å². The summed E-state index contributed by atoms with van der Waals surface area (Å²) in [4.78, 5) is 45.8. The molecule has 10 heteroatoms. The SMILES string of the molecule is O=C(OCC(=O)N1CCNC1=O)c1ccc(Br)c([N+](=O)[O-])c1. The van der Waals surface area contributed by atoms with Gasteiger partial charge in [-0.25, -0.2) is 9.59 Å². The summed E-state index contributed by atoms with van der Waals surface area (Å²) < 4.78 is 5.00. The summed E-state index contributed by atoms with van der Waals surface area (Å²) >= 11 is 2.99. The molecule has 9 nitrogen and oxygen atoms in total. The summed E-state index contributed by atoms with van der Waals surface area (Å²) in [6.07, 6.45) is 0. The van der Waals surface area contributed by atoms with E-state index < -0.39 is 29.4 Å². The lowest BCUT2D eigenvalue weighted by atomic mass is 10.2. The van der Waals surface area contributed by atoms with Gasteiger partial charge in [-0.1, -0.05) is 0 Å². The van der Waals surface area contributed by atoms with Crippen molar-refractivity contribution in [1.82, 2.24) is 10.2 Å². The third-order valence-electron chi connectivity index (χ3n) is 2.86. The van der Waals surface area contributed by atoms with E-state index >= 15 is 0 Å². The minimum Gasteiger partial charge on any atom is -0.452 e. The van der Waals surface area contributed by atoms with E-state index in [4.69, 9.17) is 4.74 Å². The molecule has 1 saturated heterocycles. The molecule has 2 rings (SSSR count). The van der Waals surface area contributed by atoms with E-state index in [0.717, 1.165) is 11.0 Å². The number of esters is 1. The van der Waals surface area contributed by atoms with E-state index in [9.17, 15) is 24.5 Å². The van der Waals surface area contributed by atoms with Gasteiger partial charge in [-0.15, -0.1) is 0 Å². The molecular formula is C12H10BrN3O6. The molecule has 0 aromatic heterocycles. The Hall–Kier alpha value is -2.49. The van der Waals surface area contributed by atoms with Crippen LogP contribution in [0.1, 0.15) is 10.4 Å². The predicted molar refractivity (Wildman–Crippen MR) is 76.2 cm³/mol. The molecule has 116 valence electrons. The number of hydrogen-bond donors (Lipinski definition) is 1. The Morgan fingerprint density at radius 1 is 1.45 bits per heavy atom. The van der Waals surface area contributed by atoms with Crippen LogP contribution in [-0.4, -0.2) is 47.4 Å². The van der Waals surface area contributed by atoms with Crippen molar-refractivity contribution in [3.05, 3.63) is 38.3 Å². The zero-order valence-corrected chi connectivity index (χ0v) is 12.7. The van der Waals surface area contributed by atoms with Crippen molar-refractivity contribution in [2.75, 3.05) is 19.7 Å². The summed E-state index contributed by atoms with van der Waals surface area (Å²) in [5.74, 6) is -1.54. The summed E-state index contributed by atoms with van der Waals surface area (Å²) in [5, 5.41) is 13.2. The van der Waals surface area contributed by atoms with Crippen molar-refractivity contribution < 1.29 is 24.0 Å². The molecule has 3 amide bonds. The highest BCUT2D eigenvalue weighted by atomic mass is 79.9. The van der Waals surface area contributed by atoms with Crippen molar-refractivity contribution in [2.45, 2.75) is 0 Å². The maximum absolute atomic E-state index is 11.8. The Kier molecular flexibility index (Phi) is 4.71. The third-order valence-corrected chi connectivity index (χ3v) is 3.53. The number of ether oxygens (including phenoxy) is 1. The highest BCUT2D eigenvalue weighted by Crippen LogP contribution is 2.25. The van der Waals surface area contributed by atoms with Crippen LogP contribution in [0, 0.1) is 10.1 Å². The van der Waals surface area contributed by atoms with Crippen LogP contribution in [0.25, 0.3) is 0 Å². The molecule has 1 heterocycles. The van der Waals surface area contributed by atoms with Gasteiger partial charge in [0.1, 0.15) is 0 Å². The van der Waals surface area contributed by atoms with Crippen LogP contribution >= 0.6 is 15.9 Å². The number of hydrogen-bond acceptors (Lipinski definition) is 6. The second kappa shape index (κ2) is 6.52. The Labute approximate surface area is 132 Å². The molecule has 0 bridgehead atoms. The molecule has 22 heavy (non-hydrogen) atoms. The van der Waals surface area contributed by atoms with E-state index in [0.29, 0.717) is 6.54 Å². The maximum atomic E-state index is 11.8. The zero-order chi connectivity index (χ0) is 16.3. The number of amides is 3. The first-order chi connectivity index (χ1) is 10.4. The number of carbonyl (C=O) groups is 3. The number of benzene rings is 1. The van der Waals surface area contributed by atoms with E-state index in [-0.39, 0.29) is 22.3 Å². The van der Waals surface area contributed by atoms with Crippen LogP contribution in [0.4, 0.5) is 10.5 Å². The molecule has 1 aliphatic rings. The number of imide groups is 1. The van der Waals surface area contributed by atoms with Crippen LogP contribution in [0.2, 0.25) is 0 Å². The van der Waals surface area contributed by atoms with Gasteiger partial charge >= 0.3 is 12.0 Å². The van der Waals surface area contributed by atoms with Crippen molar-refractivity contribution in [3.63, 3.8) is 0 Å². The van der Waals surface area contributed by atoms with Crippen molar-refractivity contribution in [2.24, 2.45) is 0 Å². The molecule has 0 atom stereocenters. The second-order valence-electron chi connectivity index (χ2n) is 4.28. The fraction of sp³-hybridized carbons (Fsp3) is 0.250. The normalized spacial score (nSPS) is 13.7. The number of halogens is 1. The summed E-state index contributed by atoms with van der Waals surface area (Å²) in [6.45, 7) is -0.0630. The number of urea groups is 1. The average molecular weight is 372 g/mol. The molecule has 0 aliphatic carbocycles. The van der Waals surface area contributed by atoms with Crippen LogP contribution in [-0.2, 0) is 9.53 Å². The van der Waals surface area contributed by atoms with E-state index in [2.05, 4.69) is 21.2 Å². The van der Waals surface area contributed by atoms with E-state index in [1.54, 1.807) is 0 Å². The van der Waals surface area contributed by atoms with Crippen LogP contribution < -0.4 is 5.32 Å². The minimum atomic E-state index is -0.886. The Bertz CT molecular complexity index is 662. The molecule has 1 fully saturated rings. The van der Waals surface area contributed by atoms with Gasteiger partial charge in [0, 0.05) is 19.2 Å². The molecule has 1 aliphatic heterocycles. The largest absolute Gasteiger partial charge is 0.452 e. The molecule has 1 N–H and O–H groups in total. The fourth-order valence-electron chi connectivity index (χ4n) is 1.78. The highest BCUT2D eigenvalue weighted by Gasteiger charge is 2.27. The Morgan fingerprint density at radius 3 is 2.77 bits per heavy atom. The Morgan fingerprint density at radius 2 is 2.18 bits per heavy atom. The Balaban J connectivity index is 2.00. The van der Waals surface area contributed by atoms with Crippen LogP contribution in [0.5, 0.6) is 0 Å². The molecule has 0 radical (unpaired) electrons. The average Bonchev–Trinajstić information content (AvgIpc) is 2.90. The third kappa shape index (κ3) is 3.39. The molecule has 0 unspecified atom stereocenters. The lowest BCUT2D eigenvalue weighted by molar-refractivity contribution is -0.385. The highest BCUT2D eigenvalue weighted by molar-refractivity contribution is 9.10. The number of rotatable bonds is 4. The predicted octanol–water partition coefficient (Wildman–Crippen LogP) is 1.07. The second-order valence-corrected chi connectivity index (χ2v) is 5.13. The van der Waals surface area contributed by atoms with Gasteiger partial charge in [-0.3, -0.25) is 19.8 Å². The number of carbonyl (C=O) groups excluding carboxylic acids is 3. The topological polar surface area (TPSA) is 119 Å². The van der Waals surface area contributed by atoms with E-state index in [1.165, 1.54) is 12.1 Å². The van der Waals surface area contributed by atoms with Crippen LogP contribution in [0.15, 0.2) is 22.7 Å². The monoisotopic (exact) mass is 371 g/mol. The number of nitro benzene ring substituents is 1. The van der Waals surface area contributed by atoms with Crippen molar-refractivity contribution in [1.29, 1.82) is 0 Å². The first-order valence-electron chi connectivity index (χ1n) is 6.09. The van der Waals surface area contributed by atoms with Gasteiger partial charge < -0.3 is 10.1 Å². The van der Waals surface area contributed by atoms with Gasteiger partial charge in [0.2, 0.25) is 0 Å². The minimum absolute atomic E-state index is 0.0615. The quantitative estimate of drug-likeness (QED) is 0.480. The number of nitrogens with zero attached hydrogens (tertiary/aromatic N) is 2. The lowest BCUT2D eigenvalue weighted by Crippen LogP contribution is -2.37. The van der Waals surface area contributed by atoms with Gasteiger partial charge in [-0.2, -0.15) is 0 Å². The molecular weight excluding hydrogens is 362 g/mol. The molecule has 1 aromatic carbocycles. The zero-order valence-electron chi connectivity index (χ0n) is 11.1. The maximum Gasteiger partial charge on any atom is 0.338 e. The summed E-state index contributed by atoms with van der Waals surface area (Å²) in [6, 6.07) is 3.16. The number of nitro groups is 1. The molecule has 1 aromatic rings. The van der Waals surface area contributed by atoms with Crippen molar-refractivity contribution >= 4 is 39.5 Å². The molecule has 0 saturated carbocycles. The van der Waals surface area contributed by atoms with Crippen LogP contribution in [0.3, 0.4) is 0 Å². The van der Waals surface area contributed by atoms with E-state index in [1.807, 2.05) is 0 Å².